The molecule has 0 amide bonds. The number of nitrogens with zero attached hydrogens (tertiary/aromatic N) is 1. The first kappa shape index (κ1) is 12.7. The SMILES string of the molecule is CCC(CC)(C(O)c1ccco1)N1CCCC1. The molecule has 1 aliphatic rings. The van der Waals surface area contributed by atoms with Crippen LogP contribution in [0.25, 0.3) is 0 Å². The van der Waals surface area contributed by atoms with Gasteiger partial charge in [0.25, 0.3) is 0 Å². The molecule has 1 N–H and O–H groups in total. The molecule has 1 fully saturated rings. The highest BCUT2D eigenvalue weighted by atomic mass is 16.4. The maximum atomic E-state index is 10.6. The van der Waals surface area contributed by atoms with E-state index in [1.54, 1.807) is 6.26 Å². The Morgan fingerprint density at radius 1 is 1.35 bits per heavy atom. The van der Waals surface area contributed by atoms with Gasteiger partial charge in [0.2, 0.25) is 0 Å². The summed E-state index contributed by atoms with van der Waals surface area (Å²) >= 11 is 0. The van der Waals surface area contributed by atoms with E-state index < -0.39 is 6.10 Å². The molecule has 1 saturated heterocycles. The monoisotopic (exact) mass is 237 g/mol. The van der Waals surface area contributed by atoms with Gasteiger partial charge >= 0.3 is 0 Å². The molecular weight excluding hydrogens is 214 g/mol. The molecule has 1 atom stereocenters. The molecule has 3 heteroatoms. The molecule has 2 rings (SSSR count). The Balaban J connectivity index is 2.26. The molecule has 1 aliphatic heterocycles. The number of likely N-dealkylation sites (tertiary alicyclic amines) is 1. The minimum absolute atomic E-state index is 0.158. The Morgan fingerprint density at radius 3 is 2.47 bits per heavy atom. The third kappa shape index (κ3) is 2.14. The van der Waals surface area contributed by atoms with Crippen molar-refractivity contribution >= 4 is 0 Å². The molecule has 0 spiro atoms. The van der Waals surface area contributed by atoms with Crippen molar-refractivity contribution in [2.24, 2.45) is 0 Å². The first-order chi connectivity index (χ1) is 8.24. The number of aliphatic hydroxyl groups is 1. The topological polar surface area (TPSA) is 36.6 Å². The zero-order chi connectivity index (χ0) is 12.3. The van der Waals surface area contributed by atoms with E-state index in [9.17, 15) is 5.11 Å². The van der Waals surface area contributed by atoms with Gasteiger partial charge in [0, 0.05) is 0 Å². The van der Waals surface area contributed by atoms with Crippen LogP contribution in [0.2, 0.25) is 0 Å². The summed E-state index contributed by atoms with van der Waals surface area (Å²) in [7, 11) is 0. The number of furan rings is 1. The standard InChI is InChI=1S/C14H23NO2/c1-3-14(4-2,15-9-5-6-10-15)13(16)12-8-7-11-17-12/h7-8,11,13,16H,3-6,9-10H2,1-2H3. The van der Waals surface area contributed by atoms with Crippen LogP contribution in [0.15, 0.2) is 22.8 Å². The Morgan fingerprint density at radius 2 is 2.00 bits per heavy atom. The first-order valence-corrected chi connectivity index (χ1v) is 6.71. The second-order valence-electron chi connectivity index (χ2n) is 4.92. The van der Waals surface area contributed by atoms with E-state index in [4.69, 9.17) is 4.42 Å². The molecule has 2 heterocycles. The lowest BCUT2D eigenvalue weighted by molar-refractivity contribution is -0.0400. The lowest BCUT2D eigenvalue weighted by Gasteiger charge is -2.43. The Kier molecular flexibility index (Phi) is 3.89. The van der Waals surface area contributed by atoms with Gasteiger partial charge in [-0.05, 0) is 50.9 Å². The van der Waals surface area contributed by atoms with Crippen LogP contribution in [-0.4, -0.2) is 28.6 Å². The zero-order valence-corrected chi connectivity index (χ0v) is 10.9. The molecule has 0 bridgehead atoms. The van der Waals surface area contributed by atoms with Crippen LogP contribution >= 0.6 is 0 Å². The third-order valence-corrected chi connectivity index (χ3v) is 4.28. The van der Waals surface area contributed by atoms with Crippen molar-refractivity contribution in [2.45, 2.75) is 51.2 Å². The molecule has 0 saturated carbocycles. The predicted octanol–water partition coefficient (Wildman–Crippen LogP) is 2.97. The Labute approximate surface area is 103 Å². The molecule has 3 nitrogen and oxygen atoms in total. The number of rotatable bonds is 5. The third-order valence-electron chi connectivity index (χ3n) is 4.28. The second kappa shape index (κ2) is 5.23. The zero-order valence-electron chi connectivity index (χ0n) is 10.9. The van der Waals surface area contributed by atoms with Gasteiger partial charge < -0.3 is 9.52 Å². The summed E-state index contributed by atoms with van der Waals surface area (Å²) < 4.78 is 5.39. The Hall–Kier alpha value is -0.800. The minimum atomic E-state index is -0.523. The lowest BCUT2D eigenvalue weighted by Crippen LogP contribution is -2.50. The van der Waals surface area contributed by atoms with Crippen LogP contribution in [0.4, 0.5) is 0 Å². The fourth-order valence-corrected chi connectivity index (χ4v) is 3.13. The van der Waals surface area contributed by atoms with Gasteiger partial charge in [0.05, 0.1) is 11.8 Å². The van der Waals surface area contributed by atoms with Crippen molar-refractivity contribution in [3.63, 3.8) is 0 Å². The van der Waals surface area contributed by atoms with Crippen LogP contribution in [0.5, 0.6) is 0 Å². The van der Waals surface area contributed by atoms with Crippen molar-refractivity contribution in [3.8, 4) is 0 Å². The molecule has 1 aromatic rings. The average Bonchev–Trinajstić information content (AvgIpc) is 3.04. The molecular formula is C14H23NO2. The van der Waals surface area contributed by atoms with E-state index in [0.717, 1.165) is 25.9 Å². The largest absolute Gasteiger partial charge is 0.467 e. The first-order valence-electron chi connectivity index (χ1n) is 6.71. The summed E-state index contributed by atoms with van der Waals surface area (Å²) in [6.45, 7) is 6.51. The highest BCUT2D eigenvalue weighted by Gasteiger charge is 2.43. The summed E-state index contributed by atoms with van der Waals surface area (Å²) in [5.74, 6) is 0.695. The van der Waals surface area contributed by atoms with Gasteiger partial charge in [-0.3, -0.25) is 4.90 Å². The van der Waals surface area contributed by atoms with Crippen LogP contribution in [-0.2, 0) is 0 Å². The lowest BCUT2D eigenvalue weighted by atomic mass is 9.83. The maximum absolute atomic E-state index is 10.6. The fourth-order valence-electron chi connectivity index (χ4n) is 3.13. The normalized spacial score (nSPS) is 19.7. The smallest absolute Gasteiger partial charge is 0.134 e. The van der Waals surface area contributed by atoms with E-state index in [0.29, 0.717) is 5.76 Å². The van der Waals surface area contributed by atoms with E-state index in [1.165, 1.54) is 12.8 Å². The number of aliphatic hydroxyl groups excluding tert-OH is 1. The fraction of sp³-hybridized carbons (Fsp3) is 0.714. The average molecular weight is 237 g/mol. The molecule has 0 radical (unpaired) electrons. The van der Waals surface area contributed by atoms with Crippen LogP contribution in [0.3, 0.4) is 0 Å². The second-order valence-corrected chi connectivity index (χ2v) is 4.92. The van der Waals surface area contributed by atoms with E-state index in [1.807, 2.05) is 12.1 Å². The van der Waals surface area contributed by atoms with Gasteiger partial charge in [-0.2, -0.15) is 0 Å². The minimum Gasteiger partial charge on any atom is -0.467 e. The van der Waals surface area contributed by atoms with Crippen LogP contribution in [0.1, 0.15) is 51.4 Å². The molecule has 17 heavy (non-hydrogen) atoms. The molecule has 1 unspecified atom stereocenters. The summed E-state index contributed by atoms with van der Waals surface area (Å²) in [6.07, 6.45) is 5.50. The quantitative estimate of drug-likeness (QED) is 0.855. The number of hydrogen-bond donors (Lipinski definition) is 1. The summed E-state index contributed by atoms with van der Waals surface area (Å²) in [4.78, 5) is 2.44. The highest BCUT2D eigenvalue weighted by molar-refractivity contribution is 5.11. The summed E-state index contributed by atoms with van der Waals surface area (Å²) in [5.41, 5.74) is -0.158. The van der Waals surface area contributed by atoms with E-state index in [-0.39, 0.29) is 5.54 Å². The van der Waals surface area contributed by atoms with Crippen molar-refractivity contribution in [3.05, 3.63) is 24.2 Å². The van der Waals surface area contributed by atoms with Crippen LogP contribution < -0.4 is 0 Å². The van der Waals surface area contributed by atoms with Gasteiger partial charge in [-0.1, -0.05) is 13.8 Å². The van der Waals surface area contributed by atoms with E-state index in [2.05, 4.69) is 18.7 Å². The van der Waals surface area contributed by atoms with Gasteiger partial charge in [0.1, 0.15) is 11.9 Å². The highest BCUT2D eigenvalue weighted by Crippen LogP contribution is 2.39. The van der Waals surface area contributed by atoms with Gasteiger partial charge in [0.15, 0.2) is 0 Å². The molecule has 96 valence electrons. The molecule has 0 aromatic carbocycles. The van der Waals surface area contributed by atoms with Crippen molar-refractivity contribution in [2.75, 3.05) is 13.1 Å². The summed E-state index contributed by atoms with van der Waals surface area (Å²) in [5, 5.41) is 10.6. The van der Waals surface area contributed by atoms with Crippen molar-refractivity contribution in [1.29, 1.82) is 0 Å². The Bertz CT molecular complexity index is 324. The van der Waals surface area contributed by atoms with Gasteiger partial charge in [-0.25, -0.2) is 0 Å². The van der Waals surface area contributed by atoms with Gasteiger partial charge in [-0.15, -0.1) is 0 Å². The van der Waals surface area contributed by atoms with E-state index >= 15 is 0 Å². The molecule has 1 aromatic heterocycles. The summed E-state index contributed by atoms with van der Waals surface area (Å²) in [6, 6.07) is 3.72. The van der Waals surface area contributed by atoms with Crippen LogP contribution in [0, 0.1) is 0 Å². The maximum Gasteiger partial charge on any atom is 0.134 e. The number of hydrogen-bond acceptors (Lipinski definition) is 3. The van der Waals surface area contributed by atoms with Crippen molar-refractivity contribution < 1.29 is 9.52 Å². The predicted molar refractivity (Wildman–Crippen MR) is 67.8 cm³/mol. The molecule has 0 aliphatic carbocycles. The van der Waals surface area contributed by atoms with Crippen molar-refractivity contribution in [1.82, 2.24) is 4.90 Å².